The first-order valence-electron chi connectivity index (χ1n) is 20.8. The summed E-state index contributed by atoms with van der Waals surface area (Å²) in [6.07, 6.45) is 3.65. The molecule has 314 valence electrons. The number of imidazole rings is 1. The molecule has 4 aromatic carbocycles. The van der Waals surface area contributed by atoms with Crippen molar-refractivity contribution in [3.8, 4) is 22.4 Å². The number of hydrogen-bond acceptors (Lipinski definition) is 8. The van der Waals surface area contributed by atoms with Gasteiger partial charge in [-0.05, 0) is 71.7 Å². The van der Waals surface area contributed by atoms with Crippen molar-refractivity contribution in [3.05, 3.63) is 144 Å². The third-order valence-electron chi connectivity index (χ3n) is 12.0. The first-order chi connectivity index (χ1) is 30.3. The van der Waals surface area contributed by atoms with Crippen molar-refractivity contribution >= 4 is 46.1 Å². The molecule has 4 atom stereocenters. The summed E-state index contributed by atoms with van der Waals surface area (Å²) in [6, 6.07) is 34.9. The monoisotopic (exact) mass is 830 g/mol. The number of fused-ring (bicyclic) bond motifs is 2. The van der Waals surface area contributed by atoms with Crippen LogP contribution in [0.1, 0.15) is 72.4 Å². The number of alkyl carbamates (subject to hydrolysis) is 2. The number of rotatable bonds is 10. The van der Waals surface area contributed by atoms with Crippen LogP contribution < -0.4 is 10.6 Å². The normalized spacial score (nSPS) is 17.2. The average molecular weight is 831 g/mol. The molecule has 2 aliphatic rings. The van der Waals surface area contributed by atoms with Crippen LogP contribution in [0.4, 0.5) is 9.59 Å². The zero-order valence-corrected chi connectivity index (χ0v) is 34.3. The van der Waals surface area contributed by atoms with Crippen LogP contribution in [0.3, 0.4) is 0 Å². The number of nitrogens with one attached hydrogen (secondary N) is 4. The van der Waals surface area contributed by atoms with Gasteiger partial charge in [0.05, 0.1) is 31.8 Å². The van der Waals surface area contributed by atoms with E-state index in [-0.39, 0.29) is 23.9 Å². The third kappa shape index (κ3) is 7.94. The fourth-order valence-electron chi connectivity index (χ4n) is 8.83. The van der Waals surface area contributed by atoms with E-state index in [1.54, 1.807) is 11.1 Å². The maximum Gasteiger partial charge on any atom is 0.407 e. The van der Waals surface area contributed by atoms with Crippen molar-refractivity contribution in [2.24, 2.45) is 0 Å². The van der Waals surface area contributed by atoms with Gasteiger partial charge in [0.15, 0.2) is 5.65 Å². The number of aromatic amines is 2. The number of H-pyrrole nitrogens is 2. The van der Waals surface area contributed by atoms with Crippen molar-refractivity contribution in [1.29, 1.82) is 0 Å². The van der Waals surface area contributed by atoms with Gasteiger partial charge in [0.1, 0.15) is 17.9 Å². The summed E-state index contributed by atoms with van der Waals surface area (Å²) in [6.45, 7) is 1.12. The second-order valence-corrected chi connectivity index (χ2v) is 15.7. The van der Waals surface area contributed by atoms with Crippen LogP contribution in [0.5, 0.6) is 0 Å². The highest BCUT2D eigenvalue weighted by molar-refractivity contribution is 5.90. The maximum absolute atomic E-state index is 14.0. The highest BCUT2D eigenvalue weighted by Gasteiger charge is 2.38. The standard InChI is InChI=1S/C48H46N8O6/c1-61-47(59)52-41(31-11-5-3-6-12-31)45(57)55-23-9-15-39(55)34-22-21-33-25-36(50-37(33)26-34)30-19-17-29(18-20-30)35-27-38-43(49-28-35)54-44(51-38)40-16-10-24-56(40)46(58)42(53-48(60)62-2)32-13-7-4-8-14-32/h3-8,11-14,17-22,25-28,39-42,50H,9-10,15-16,23-24H2,1-2H3,(H,52,59)(H,53,60)(H,49,51,54). The van der Waals surface area contributed by atoms with E-state index in [0.717, 1.165) is 70.1 Å². The lowest BCUT2D eigenvalue weighted by atomic mass is 10.0. The number of carbonyl (C=O) groups is 4. The van der Waals surface area contributed by atoms with Crippen LogP contribution in [0.2, 0.25) is 0 Å². The van der Waals surface area contributed by atoms with E-state index in [4.69, 9.17) is 14.5 Å². The Hall–Kier alpha value is -7.48. The van der Waals surface area contributed by atoms with Gasteiger partial charge >= 0.3 is 12.2 Å². The van der Waals surface area contributed by atoms with Gasteiger partial charge in [0.25, 0.3) is 5.91 Å². The summed E-state index contributed by atoms with van der Waals surface area (Å²) in [5.74, 6) is 0.247. The Morgan fingerprint density at radius 2 is 1.23 bits per heavy atom. The number of ether oxygens (including phenoxy) is 2. The zero-order valence-electron chi connectivity index (χ0n) is 34.3. The predicted octanol–water partition coefficient (Wildman–Crippen LogP) is 8.29. The summed E-state index contributed by atoms with van der Waals surface area (Å²) in [7, 11) is 2.57. The van der Waals surface area contributed by atoms with Crippen molar-refractivity contribution in [3.63, 3.8) is 0 Å². The molecule has 0 spiro atoms. The van der Waals surface area contributed by atoms with Crippen molar-refractivity contribution in [1.82, 2.24) is 40.4 Å². The summed E-state index contributed by atoms with van der Waals surface area (Å²) >= 11 is 0. The molecule has 14 nitrogen and oxygen atoms in total. The Kier molecular flexibility index (Phi) is 11.1. The number of aromatic nitrogens is 4. The molecule has 9 rings (SSSR count). The summed E-state index contributed by atoms with van der Waals surface area (Å²) in [5.41, 5.74) is 8.56. The Balaban J connectivity index is 0.910. The van der Waals surface area contributed by atoms with E-state index in [9.17, 15) is 19.2 Å². The molecular formula is C48H46N8O6. The number of hydrogen-bond donors (Lipinski definition) is 4. The van der Waals surface area contributed by atoms with Gasteiger partial charge in [-0.1, -0.05) is 97.1 Å². The zero-order chi connectivity index (χ0) is 42.7. The SMILES string of the molecule is COC(=O)NC(C(=O)N1CCCC1c1ccc2cc(-c3ccc(-c4cnc5nc(C6CCCN6C(=O)C(NC(=O)OC)c6ccccc6)[nH]c5c4)cc3)[nH]c2c1)c1ccccc1. The molecule has 14 heteroatoms. The molecular weight excluding hydrogens is 785 g/mol. The molecule has 0 bridgehead atoms. The van der Waals surface area contributed by atoms with Crippen LogP contribution >= 0.6 is 0 Å². The average Bonchev–Trinajstić information content (AvgIpc) is 4.16. The second kappa shape index (κ2) is 17.2. The number of methoxy groups -OCH3 is 2. The highest BCUT2D eigenvalue weighted by Crippen LogP contribution is 2.38. The molecule has 62 heavy (non-hydrogen) atoms. The number of benzene rings is 4. The first-order valence-corrected chi connectivity index (χ1v) is 20.8. The number of likely N-dealkylation sites (tertiary alicyclic amines) is 2. The predicted molar refractivity (Wildman–Crippen MR) is 233 cm³/mol. The highest BCUT2D eigenvalue weighted by atomic mass is 16.5. The minimum absolute atomic E-state index is 0.137. The molecule has 4 amide bonds. The summed E-state index contributed by atoms with van der Waals surface area (Å²) in [5, 5.41) is 6.51. The van der Waals surface area contributed by atoms with E-state index in [2.05, 4.69) is 74.1 Å². The van der Waals surface area contributed by atoms with E-state index >= 15 is 0 Å². The minimum atomic E-state index is -0.902. The van der Waals surface area contributed by atoms with Crippen LogP contribution in [0.25, 0.3) is 44.5 Å². The molecule has 2 fully saturated rings. The molecule has 3 aromatic heterocycles. The molecule has 7 aromatic rings. The van der Waals surface area contributed by atoms with Crippen LogP contribution in [0, 0.1) is 0 Å². The third-order valence-corrected chi connectivity index (χ3v) is 12.0. The fraction of sp³-hybridized carbons (Fsp3) is 0.250. The molecule has 5 heterocycles. The van der Waals surface area contributed by atoms with Crippen LogP contribution in [-0.4, -0.2) is 81.0 Å². The Labute approximate surface area is 357 Å². The topological polar surface area (TPSA) is 175 Å². The number of amides is 4. The lowest BCUT2D eigenvalue weighted by molar-refractivity contribution is -0.135. The van der Waals surface area contributed by atoms with Crippen LogP contribution in [-0.2, 0) is 19.1 Å². The van der Waals surface area contributed by atoms with Crippen molar-refractivity contribution < 1.29 is 28.7 Å². The van der Waals surface area contributed by atoms with Gasteiger partial charge in [-0.3, -0.25) is 9.59 Å². The van der Waals surface area contributed by atoms with Gasteiger partial charge in [0, 0.05) is 41.4 Å². The number of pyridine rings is 1. The van der Waals surface area contributed by atoms with E-state index in [0.29, 0.717) is 35.7 Å². The second-order valence-electron chi connectivity index (χ2n) is 15.7. The Morgan fingerprint density at radius 1 is 0.645 bits per heavy atom. The Morgan fingerprint density at radius 3 is 1.84 bits per heavy atom. The number of nitrogens with zero attached hydrogens (tertiary/aromatic N) is 4. The van der Waals surface area contributed by atoms with E-state index < -0.39 is 24.3 Å². The smallest absolute Gasteiger partial charge is 0.407 e. The molecule has 2 saturated heterocycles. The van der Waals surface area contributed by atoms with Gasteiger partial charge in [-0.2, -0.15) is 0 Å². The molecule has 0 saturated carbocycles. The van der Waals surface area contributed by atoms with Crippen molar-refractivity contribution in [2.45, 2.75) is 49.9 Å². The molecule has 0 radical (unpaired) electrons. The molecule has 0 aliphatic carbocycles. The quantitative estimate of drug-likeness (QED) is 0.107. The lowest BCUT2D eigenvalue weighted by Crippen LogP contribution is -2.42. The first kappa shape index (κ1) is 40.0. The largest absolute Gasteiger partial charge is 0.453 e. The van der Waals surface area contributed by atoms with E-state index in [1.165, 1.54) is 14.2 Å². The fourth-order valence-corrected chi connectivity index (χ4v) is 8.83. The van der Waals surface area contributed by atoms with Crippen LogP contribution in [0.15, 0.2) is 121 Å². The van der Waals surface area contributed by atoms with E-state index in [1.807, 2.05) is 71.6 Å². The molecule has 4 N–H and O–H groups in total. The Bertz CT molecular complexity index is 2640. The van der Waals surface area contributed by atoms with Gasteiger partial charge in [-0.15, -0.1) is 0 Å². The molecule has 2 aliphatic heterocycles. The number of carbonyl (C=O) groups excluding carboxylic acids is 4. The maximum atomic E-state index is 14.0. The molecule has 4 unspecified atom stereocenters. The minimum Gasteiger partial charge on any atom is -0.453 e. The summed E-state index contributed by atoms with van der Waals surface area (Å²) < 4.78 is 9.70. The summed E-state index contributed by atoms with van der Waals surface area (Å²) in [4.78, 5) is 72.7. The van der Waals surface area contributed by atoms with Gasteiger partial charge < -0.3 is 39.9 Å². The lowest BCUT2D eigenvalue weighted by Gasteiger charge is -2.29. The van der Waals surface area contributed by atoms with Crippen molar-refractivity contribution in [2.75, 3.05) is 27.3 Å². The van der Waals surface area contributed by atoms with Gasteiger partial charge in [0.2, 0.25) is 5.91 Å². The van der Waals surface area contributed by atoms with Gasteiger partial charge in [-0.25, -0.2) is 19.6 Å².